The second-order valence-corrected chi connectivity index (χ2v) is 6.59. The predicted molar refractivity (Wildman–Crippen MR) is 74.0 cm³/mol. The Hall–Kier alpha value is -0.0800. The molecule has 1 aliphatic heterocycles. The Balaban J connectivity index is 1.88. The first-order valence-corrected chi connectivity index (χ1v) is 7.63. The molecule has 2 fully saturated rings. The Labute approximate surface area is 107 Å². The van der Waals surface area contributed by atoms with E-state index in [-0.39, 0.29) is 5.54 Å². The largest absolute Gasteiger partial charge is 0.329 e. The van der Waals surface area contributed by atoms with Crippen LogP contribution in [0.25, 0.3) is 0 Å². The molecule has 2 nitrogen and oxygen atoms in total. The molecule has 2 N–H and O–H groups in total. The van der Waals surface area contributed by atoms with Gasteiger partial charge in [0.2, 0.25) is 0 Å². The Kier molecular flexibility index (Phi) is 4.48. The van der Waals surface area contributed by atoms with Crippen molar-refractivity contribution in [3.05, 3.63) is 0 Å². The number of hydrogen-bond donors (Lipinski definition) is 1. The van der Waals surface area contributed by atoms with Gasteiger partial charge in [0, 0.05) is 18.6 Å². The predicted octanol–water partition coefficient (Wildman–Crippen LogP) is 3.02. The summed E-state index contributed by atoms with van der Waals surface area (Å²) in [5, 5.41) is 0. The first-order valence-electron chi connectivity index (χ1n) is 7.63. The molecule has 1 aliphatic carbocycles. The molecule has 1 heterocycles. The molecule has 17 heavy (non-hydrogen) atoms. The molecule has 0 aromatic carbocycles. The fraction of sp³-hybridized carbons (Fsp3) is 1.00. The molecule has 2 atom stereocenters. The normalized spacial score (nSPS) is 30.2. The molecule has 0 bridgehead atoms. The minimum absolute atomic E-state index is 0.285. The van der Waals surface area contributed by atoms with E-state index in [0.717, 1.165) is 18.4 Å². The van der Waals surface area contributed by atoms with Gasteiger partial charge in [-0.2, -0.15) is 0 Å². The summed E-state index contributed by atoms with van der Waals surface area (Å²) in [5.41, 5.74) is 6.38. The summed E-state index contributed by atoms with van der Waals surface area (Å²) < 4.78 is 0. The lowest BCUT2D eigenvalue weighted by Gasteiger charge is -2.43. The monoisotopic (exact) mass is 238 g/mol. The standard InChI is InChI=1S/C15H30N2/c1-3-5-14-8-9-17(11-14)15(2,12-16)10-13-6-4-7-13/h13-14H,3-12,16H2,1-2H3. The van der Waals surface area contributed by atoms with E-state index in [4.69, 9.17) is 5.73 Å². The topological polar surface area (TPSA) is 29.3 Å². The van der Waals surface area contributed by atoms with Gasteiger partial charge in [0.25, 0.3) is 0 Å². The van der Waals surface area contributed by atoms with Crippen molar-refractivity contribution in [1.29, 1.82) is 0 Å². The van der Waals surface area contributed by atoms with Crippen LogP contribution in [0.2, 0.25) is 0 Å². The van der Waals surface area contributed by atoms with Crippen molar-refractivity contribution in [2.75, 3.05) is 19.6 Å². The van der Waals surface area contributed by atoms with E-state index in [1.807, 2.05) is 0 Å². The molecule has 1 saturated heterocycles. The van der Waals surface area contributed by atoms with E-state index in [1.165, 1.54) is 58.0 Å². The van der Waals surface area contributed by atoms with E-state index in [9.17, 15) is 0 Å². The van der Waals surface area contributed by atoms with Gasteiger partial charge in [-0.05, 0) is 44.6 Å². The highest BCUT2D eigenvalue weighted by molar-refractivity contribution is 4.94. The summed E-state index contributed by atoms with van der Waals surface area (Å²) in [5.74, 6) is 1.90. The zero-order valence-electron chi connectivity index (χ0n) is 11.8. The number of nitrogens with two attached hydrogens (primary N) is 1. The number of rotatable bonds is 6. The summed E-state index contributed by atoms with van der Waals surface area (Å²) in [6.07, 6.45) is 9.81. The molecule has 2 heteroatoms. The van der Waals surface area contributed by atoms with Gasteiger partial charge < -0.3 is 5.73 Å². The Bertz CT molecular complexity index is 237. The number of likely N-dealkylation sites (tertiary alicyclic amines) is 1. The second-order valence-electron chi connectivity index (χ2n) is 6.59. The van der Waals surface area contributed by atoms with Crippen molar-refractivity contribution in [3.8, 4) is 0 Å². The van der Waals surface area contributed by atoms with E-state index in [2.05, 4.69) is 18.7 Å². The van der Waals surface area contributed by atoms with E-state index < -0.39 is 0 Å². The lowest BCUT2D eigenvalue weighted by Crippen LogP contribution is -2.52. The fourth-order valence-corrected chi connectivity index (χ4v) is 3.63. The summed E-state index contributed by atoms with van der Waals surface area (Å²) in [6, 6.07) is 0. The Morgan fingerprint density at radius 2 is 2.00 bits per heavy atom. The van der Waals surface area contributed by atoms with Crippen molar-refractivity contribution in [2.24, 2.45) is 17.6 Å². The molecule has 100 valence electrons. The average molecular weight is 238 g/mol. The van der Waals surface area contributed by atoms with Crippen LogP contribution < -0.4 is 5.73 Å². The quantitative estimate of drug-likeness (QED) is 0.771. The van der Waals surface area contributed by atoms with Crippen molar-refractivity contribution in [2.45, 2.75) is 64.3 Å². The molecule has 2 rings (SSSR count). The van der Waals surface area contributed by atoms with E-state index >= 15 is 0 Å². The highest BCUT2D eigenvalue weighted by Crippen LogP contribution is 2.38. The van der Waals surface area contributed by atoms with Crippen LogP contribution in [0.15, 0.2) is 0 Å². The zero-order valence-corrected chi connectivity index (χ0v) is 11.8. The van der Waals surface area contributed by atoms with Crippen LogP contribution in [0.1, 0.15) is 58.8 Å². The van der Waals surface area contributed by atoms with Crippen LogP contribution in [0.5, 0.6) is 0 Å². The number of hydrogen-bond acceptors (Lipinski definition) is 2. The van der Waals surface area contributed by atoms with Crippen molar-refractivity contribution < 1.29 is 0 Å². The molecule has 0 aromatic rings. The average Bonchev–Trinajstić information content (AvgIpc) is 2.73. The van der Waals surface area contributed by atoms with Gasteiger partial charge >= 0.3 is 0 Å². The van der Waals surface area contributed by atoms with Crippen molar-refractivity contribution in [3.63, 3.8) is 0 Å². The molecular weight excluding hydrogens is 208 g/mol. The van der Waals surface area contributed by atoms with Crippen LogP contribution in [-0.4, -0.2) is 30.1 Å². The van der Waals surface area contributed by atoms with Gasteiger partial charge in [-0.3, -0.25) is 4.90 Å². The van der Waals surface area contributed by atoms with Crippen molar-refractivity contribution in [1.82, 2.24) is 4.90 Å². The SMILES string of the molecule is CCCC1CCN(C(C)(CN)CC2CCC2)C1. The van der Waals surface area contributed by atoms with Gasteiger partial charge in [-0.15, -0.1) is 0 Å². The molecule has 0 aromatic heterocycles. The minimum Gasteiger partial charge on any atom is -0.329 e. The zero-order chi connectivity index (χ0) is 12.3. The van der Waals surface area contributed by atoms with Crippen LogP contribution >= 0.6 is 0 Å². The minimum atomic E-state index is 0.285. The summed E-state index contributed by atoms with van der Waals surface area (Å²) >= 11 is 0. The fourth-order valence-electron chi connectivity index (χ4n) is 3.63. The van der Waals surface area contributed by atoms with Gasteiger partial charge in [0.15, 0.2) is 0 Å². The lowest BCUT2D eigenvalue weighted by molar-refractivity contribution is 0.0863. The third kappa shape index (κ3) is 3.03. The second kappa shape index (κ2) is 5.71. The third-order valence-corrected chi connectivity index (χ3v) is 5.14. The highest BCUT2D eigenvalue weighted by atomic mass is 15.2. The van der Waals surface area contributed by atoms with Gasteiger partial charge in [0.1, 0.15) is 0 Å². The maximum Gasteiger partial charge on any atom is 0.0306 e. The molecule has 0 amide bonds. The van der Waals surface area contributed by atoms with E-state index in [0.29, 0.717) is 0 Å². The molecule has 0 radical (unpaired) electrons. The number of nitrogens with zero attached hydrogens (tertiary/aromatic N) is 1. The molecule has 2 unspecified atom stereocenters. The smallest absolute Gasteiger partial charge is 0.0306 e. The van der Waals surface area contributed by atoms with Gasteiger partial charge in [-0.1, -0.05) is 32.6 Å². The summed E-state index contributed by atoms with van der Waals surface area (Å²) in [6.45, 7) is 8.13. The van der Waals surface area contributed by atoms with Crippen LogP contribution in [-0.2, 0) is 0 Å². The first kappa shape index (κ1) is 13.4. The highest BCUT2D eigenvalue weighted by Gasteiger charge is 2.38. The lowest BCUT2D eigenvalue weighted by atomic mass is 9.76. The van der Waals surface area contributed by atoms with Gasteiger partial charge in [-0.25, -0.2) is 0 Å². The maximum absolute atomic E-state index is 6.09. The van der Waals surface area contributed by atoms with Crippen LogP contribution in [0, 0.1) is 11.8 Å². The molecule has 0 spiro atoms. The molecular formula is C15H30N2. The molecule has 2 aliphatic rings. The Morgan fingerprint density at radius 1 is 1.24 bits per heavy atom. The van der Waals surface area contributed by atoms with Gasteiger partial charge in [0.05, 0.1) is 0 Å². The first-order chi connectivity index (χ1) is 8.18. The van der Waals surface area contributed by atoms with Crippen molar-refractivity contribution >= 4 is 0 Å². The third-order valence-electron chi connectivity index (χ3n) is 5.14. The maximum atomic E-state index is 6.09. The van der Waals surface area contributed by atoms with E-state index in [1.54, 1.807) is 0 Å². The summed E-state index contributed by atoms with van der Waals surface area (Å²) in [4.78, 5) is 2.70. The Morgan fingerprint density at radius 3 is 2.53 bits per heavy atom. The van der Waals surface area contributed by atoms with Crippen LogP contribution in [0.3, 0.4) is 0 Å². The molecule has 1 saturated carbocycles. The van der Waals surface area contributed by atoms with Crippen LogP contribution in [0.4, 0.5) is 0 Å². The summed E-state index contributed by atoms with van der Waals surface area (Å²) in [7, 11) is 0.